The molecule has 0 aromatic rings. The third kappa shape index (κ3) is 6.11. The fourth-order valence-electron chi connectivity index (χ4n) is 1.88. The van der Waals surface area contributed by atoms with Gasteiger partial charge < -0.3 is 5.11 Å². The molecule has 0 heterocycles. The molecule has 0 aromatic carbocycles. The molecule has 0 radical (unpaired) electrons. The lowest BCUT2D eigenvalue weighted by atomic mass is 10.1. The first-order valence-corrected chi connectivity index (χ1v) is 6.64. The van der Waals surface area contributed by atoms with Crippen molar-refractivity contribution in [1.29, 1.82) is 0 Å². The fourth-order valence-corrected chi connectivity index (χ4v) is 1.88. The van der Waals surface area contributed by atoms with E-state index >= 15 is 0 Å². The Morgan fingerprint density at radius 3 is 1.88 bits per heavy atom. The highest BCUT2D eigenvalue weighted by Crippen LogP contribution is 2.10. The molecule has 0 saturated carbocycles. The third-order valence-corrected chi connectivity index (χ3v) is 2.89. The van der Waals surface area contributed by atoms with Crippen LogP contribution in [0, 0.1) is 0 Å². The molecule has 0 saturated heterocycles. The van der Waals surface area contributed by atoms with Gasteiger partial charge in [0, 0.05) is 0 Å². The molecule has 3 heteroatoms. The van der Waals surface area contributed by atoms with Crippen molar-refractivity contribution in [3.8, 4) is 0 Å². The van der Waals surface area contributed by atoms with Crippen LogP contribution in [-0.2, 0) is 4.79 Å². The molecule has 0 unspecified atom stereocenters. The van der Waals surface area contributed by atoms with Crippen molar-refractivity contribution in [3.05, 3.63) is 0 Å². The van der Waals surface area contributed by atoms with Crippen LogP contribution in [0.2, 0.25) is 0 Å². The van der Waals surface area contributed by atoms with Crippen LogP contribution in [0.1, 0.15) is 59.3 Å². The Bertz CT molecular complexity index is 175. The molecular formula is C13H27NO2. The Hall–Kier alpha value is -0.570. The number of hydrogen-bond acceptors (Lipinski definition) is 2. The topological polar surface area (TPSA) is 40.5 Å². The van der Waals surface area contributed by atoms with E-state index in [1.54, 1.807) is 0 Å². The van der Waals surface area contributed by atoms with Crippen LogP contribution in [0.4, 0.5) is 0 Å². The quantitative estimate of drug-likeness (QED) is 0.625. The van der Waals surface area contributed by atoms with E-state index in [1.165, 1.54) is 0 Å². The summed E-state index contributed by atoms with van der Waals surface area (Å²) in [5.41, 5.74) is 0. The van der Waals surface area contributed by atoms with Gasteiger partial charge in [-0.3, -0.25) is 9.69 Å². The average Bonchev–Trinajstić information content (AvgIpc) is 2.26. The van der Waals surface area contributed by atoms with Crippen molar-refractivity contribution in [1.82, 2.24) is 4.90 Å². The van der Waals surface area contributed by atoms with Crippen LogP contribution in [0.5, 0.6) is 0 Å². The minimum atomic E-state index is -0.658. The second kappa shape index (κ2) is 9.64. The van der Waals surface area contributed by atoms with Crippen molar-refractivity contribution < 1.29 is 9.90 Å². The van der Waals surface area contributed by atoms with Gasteiger partial charge in [-0.25, -0.2) is 0 Å². The summed E-state index contributed by atoms with van der Waals surface area (Å²) in [5.74, 6) is -0.658. The van der Waals surface area contributed by atoms with E-state index in [-0.39, 0.29) is 6.04 Å². The van der Waals surface area contributed by atoms with Gasteiger partial charge in [-0.05, 0) is 32.4 Å². The van der Waals surface area contributed by atoms with E-state index in [0.717, 1.165) is 51.6 Å². The first-order valence-electron chi connectivity index (χ1n) is 6.64. The lowest BCUT2D eigenvalue weighted by Crippen LogP contribution is -2.42. The number of rotatable bonds is 10. The molecule has 1 atom stereocenters. The lowest BCUT2D eigenvalue weighted by molar-refractivity contribution is -0.143. The van der Waals surface area contributed by atoms with Crippen LogP contribution in [0.15, 0.2) is 0 Å². The van der Waals surface area contributed by atoms with E-state index in [2.05, 4.69) is 18.7 Å². The zero-order valence-corrected chi connectivity index (χ0v) is 11.0. The van der Waals surface area contributed by atoms with Crippen molar-refractivity contribution in [2.75, 3.05) is 13.1 Å². The zero-order valence-electron chi connectivity index (χ0n) is 11.0. The van der Waals surface area contributed by atoms with E-state index in [9.17, 15) is 9.90 Å². The lowest BCUT2D eigenvalue weighted by Gasteiger charge is -2.28. The SMILES string of the molecule is CCCCN(CCCC)[C@@H](CCC)C(=O)O. The minimum Gasteiger partial charge on any atom is -0.480 e. The Balaban J connectivity index is 4.33. The van der Waals surface area contributed by atoms with Gasteiger partial charge in [0.05, 0.1) is 0 Å². The van der Waals surface area contributed by atoms with Gasteiger partial charge in [0.2, 0.25) is 0 Å². The smallest absolute Gasteiger partial charge is 0.320 e. The van der Waals surface area contributed by atoms with Gasteiger partial charge in [0.15, 0.2) is 0 Å². The zero-order chi connectivity index (χ0) is 12.4. The standard InChI is InChI=1S/C13H27NO2/c1-4-7-10-14(11-8-5-2)12(9-6-3)13(15)16/h12H,4-11H2,1-3H3,(H,15,16)/t12-/m0/s1. The maximum absolute atomic E-state index is 11.2. The first-order chi connectivity index (χ1) is 7.67. The highest BCUT2D eigenvalue weighted by Gasteiger charge is 2.23. The van der Waals surface area contributed by atoms with Crippen molar-refractivity contribution in [2.45, 2.75) is 65.3 Å². The summed E-state index contributed by atoms with van der Waals surface area (Å²) in [4.78, 5) is 13.4. The summed E-state index contributed by atoms with van der Waals surface area (Å²) in [6.07, 6.45) is 6.14. The molecule has 16 heavy (non-hydrogen) atoms. The minimum absolute atomic E-state index is 0.275. The Kier molecular flexibility index (Phi) is 9.30. The van der Waals surface area contributed by atoms with Crippen LogP contribution < -0.4 is 0 Å². The Labute approximate surface area is 99.8 Å². The Morgan fingerprint density at radius 2 is 1.56 bits per heavy atom. The third-order valence-electron chi connectivity index (χ3n) is 2.89. The van der Waals surface area contributed by atoms with Gasteiger partial charge in [-0.2, -0.15) is 0 Å². The normalized spacial score (nSPS) is 13.0. The summed E-state index contributed by atoms with van der Waals surface area (Å²) >= 11 is 0. The molecule has 96 valence electrons. The van der Waals surface area contributed by atoms with Crippen molar-refractivity contribution >= 4 is 5.97 Å². The monoisotopic (exact) mass is 229 g/mol. The summed E-state index contributed by atoms with van der Waals surface area (Å²) in [6.45, 7) is 8.19. The summed E-state index contributed by atoms with van der Waals surface area (Å²) < 4.78 is 0. The first kappa shape index (κ1) is 15.4. The van der Waals surface area contributed by atoms with Crippen LogP contribution in [0.25, 0.3) is 0 Å². The molecule has 0 spiro atoms. The second-order valence-corrected chi connectivity index (χ2v) is 4.39. The molecule has 0 aliphatic carbocycles. The van der Waals surface area contributed by atoms with Crippen LogP contribution >= 0.6 is 0 Å². The number of carbonyl (C=O) groups is 1. The maximum Gasteiger partial charge on any atom is 0.320 e. The average molecular weight is 229 g/mol. The highest BCUT2D eigenvalue weighted by atomic mass is 16.4. The number of nitrogens with zero attached hydrogens (tertiary/aromatic N) is 1. The number of aliphatic carboxylic acids is 1. The van der Waals surface area contributed by atoms with Gasteiger partial charge in [0.1, 0.15) is 6.04 Å². The van der Waals surface area contributed by atoms with E-state index in [0.29, 0.717) is 0 Å². The largest absolute Gasteiger partial charge is 0.480 e. The molecule has 0 amide bonds. The molecule has 0 fully saturated rings. The predicted octanol–water partition coefficient (Wildman–Crippen LogP) is 3.14. The van der Waals surface area contributed by atoms with E-state index in [4.69, 9.17) is 0 Å². The summed E-state index contributed by atoms with van der Waals surface area (Å²) in [5, 5.41) is 9.23. The highest BCUT2D eigenvalue weighted by molar-refractivity contribution is 5.73. The van der Waals surface area contributed by atoms with Gasteiger partial charge >= 0.3 is 5.97 Å². The van der Waals surface area contributed by atoms with Gasteiger partial charge in [0.25, 0.3) is 0 Å². The molecule has 0 aliphatic heterocycles. The van der Waals surface area contributed by atoms with Crippen molar-refractivity contribution in [2.24, 2.45) is 0 Å². The molecule has 1 N–H and O–H groups in total. The summed E-state index contributed by atoms with van der Waals surface area (Å²) in [6, 6.07) is -0.275. The Morgan fingerprint density at radius 1 is 1.06 bits per heavy atom. The number of carboxylic acids is 1. The molecule has 3 nitrogen and oxygen atoms in total. The predicted molar refractivity (Wildman–Crippen MR) is 67.7 cm³/mol. The van der Waals surface area contributed by atoms with Gasteiger partial charge in [-0.15, -0.1) is 0 Å². The fraction of sp³-hybridized carbons (Fsp3) is 0.923. The molecule has 0 rings (SSSR count). The number of hydrogen-bond donors (Lipinski definition) is 1. The van der Waals surface area contributed by atoms with E-state index < -0.39 is 5.97 Å². The summed E-state index contributed by atoms with van der Waals surface area (Å²) in [7, 11) is 0. The molecule has 0 bridgehead atoms. The van der Waals surface area contributed by atoms with Gasteiger partial charge in [-0.1, -0.05) is 40.0 Å². The number of carboxylic acid groups (broad SMARTS) is 1. The number of unbranched alkanes of at least 4 members (excludes halogenated alkanes) is 2. The molecule has 0 aliphatic rings. The van der Waals surface area contributed by atoms with Crippen LogP contribution in [0.3, 0.4) is 0 Å². The second-order valence-electron chi connectivity index (χ2n) is 4.39. The molecular weight excluding hydrogens is 202 g/mol. The maximum atomic E-state index is 11.2. The van der Waals surface area contributed by atoms with Crippen molar-refractivity contribution in [3.63, 3.8) is 0 Å². The molecule has 0 aromatic heterocycles. The van der Waals surface area contributed by atoms with E-state index in [1.807, 2.05) is 6.92 Å². The van der Waals surface area contributed by atoms with Crippen LogP contribution in [-0.4, -0.2) is 35.1 Å².